The number of benzene rings is 1. The molecule has 0 fully saturated rings. The second-order valence-electron chi connectivity index (χ2n) is 4.51. The molecule has 0 radical (unpaired) electrons. The van der Waals surface area contributed by atoms with E-state index in [4.69, 9.17) is 0 Å². The van der Waals surface area contributed by atoms with Crippen LogP contribution in [0, 0.1) is 6.92 Å². The van der Waals surface area contributed by atoms with Crippen molar-refractivity contribution in [1.82, 2.24) is 4.98 Å². The maximum absolute atomic E-state index is 12.6. The third kappa shape index (κ3) is 3.13. The highest BCUT2D eigenvalue weighted by atomic mass is 19.4. The molecule has 0 aliphatic heterocycles. The highest BCUT2D eigenvalue weighted by Gasteiger charge is 2.30. The number of hydrogen-bond acceptors (Lipinski definition) is 4. The van der Waals surface area contributed by atoms with Crippen molar-refractivity contribution in [3.05, 3.63) is 41.1 Å². The average molecular weight is 299 g/mol. The Labute approximate surface area is 118 Å². The van der Waals surface area contributed by atoms with E-state index in [1.54, 1.807) is 6.92 Å². The van der Waals surface area contributed by atoms with E-state index in [-0.39, 0.29) is 18.6 Å². The maximum atomic E-state index is 12.6. The summed E-state index contributed by atoms with van der Waals surface area (Å²) in [4.78, 5) is 14.1. The molecule has 1 atom stereocenters. The van der Waals surface area contributed by atoms with Crippen LogP contribution < -0.4 is 0 Å². The fraction of sp³-hybridized carbons (Fsp3) is 0.286. The fourth-order valence-corrected chi connectivity index (χ4v) is 2.08. The van der Waals surface area contributed by atoms with Gasteiger partial charge in [0.2, 0.25) is 0 Å². The molecule has 21 heavy (non-hydrogen) atoms. The Morgan fingerprint density at radius 3 is 2.76 bits per heavy atom. The van der Waals surface area contributed by atoms with Crippen molar-refractivity contribution in [3.63, 3.8) is 0 Å². The van der Waals surface area contributed by atoms with Gasteiger partial charge in [0, 0.05) is 17.1 Å². The summed E-state index contributed by atoms with van der Waals surface area (Å²) in [6, 6.07) is 3.24. The first-order valence-corrected chi connectivity index (χ1v) is 6.04. The normalized spacial score (nSPS) is 13.2. The lowest BCUT2D eigenvalue weighted by Crippen LogP contribution is -2.09. The summed E-state index contributed by atoms with van der Waals surface area (Å²) < 4.78 is 42.4. The molecule has 0 spiro atoms. The summed E-state index contributed by atoms with van der Waals surface area (Å²) in [5.41, 5.74) is 0.411. The van der Waals surface area contributed by atoms with Gasteiger partial charge in [0.15, 0.2) is 0 Å². The highest BCUT2D eigenvalue weighted by Crippen LogP contribution is 2.32. The Kier molecular flexibility index (Phi) is 4.13. The number of aryl methyl sites for hydroxylation is 1. The number of rotatable bonds is 4. The smallest absolute Gasteiger partial charge is 0.416 e. The zero-order chi connectivity index (χ0) is 15.6. The number of halogens is 3. The SMILES string of the molecule is Cc1c(C(O)COC=O)cnc2cc(C(F)(F)F)ccc12. The van der Waals surface area contributed by atoms with Gasteiger partial charge in [0.25, 0.3) is 6.47 Å². The van der Waals surface area contributed by atoms with Crippen LogP contribution in [0.4, 0.5) is 13.2 Å². The molecule has 0 aliphatic carbocycles. The molecule has 2 aromatic rings. The summed E-state index contributed by atoms with van der Waals surface area (Å²) in [5, 5.41) is 10.4. The van der Waals surface area contributed by atoms with Gasteiger partial charge in [-0.1, -0.05) is 6.07 Å². The maximum Gasteiger partial charge on any atom is 0.416 e. The first kappa shape index (κ1) is 15.2. The standard InChI is InChI=1S/C14H12F3NO3/c1-8-10-3-2-9(14(15,16)17)4-12(10)18-5-11(8)13(20)6-21-7-19/h2-5,7,13,20H,6H2,1H3. The van der Waals surface area contributed by atoms with E-state index in [0.29, 0.717) is 16.5 Å². The van der Waals surface area contributed by atoms with Crippen molar-refractivity contribution >= 4 is 17.4 Å². The highest BCUT2D eigenvalue weighted by molar-refractivity contribution is 5.83. The van der Waals surface area contributed by atoms with Gasteiger partial charge in [-0.15, -0.1) is 0 Å². The number of nitrogens with zero attached hydrogens (tertiary/aromatic N) is 1. The van der Waals surface area contributed by atoms with Gasteiger partial charge < -0.3 is 9.84 Å². The summed E-state index contributed by atoms with van der Waals surface area (Å²) in [6.07, 6.45) is -4.22. The molecule has 0 bridgehead atoms. The van der Waals surface area contributed by atoms with Crippen LogP contribution in [0.25, 0.3) is 10.9 Å². The zero-order valence-electron chi connectivity index (χ0n) is 11.0. The van der Waals surface area contributed by atoms with E-state index >= 15 is 0 Å². The van der Waals surface area contributed by atoms with Crippen LogP contribution in [0.5, 0.6) is 0 Å². The molecule has 0 saturated heterocycles. The molecule has 1 aromatic heterocycles. The van der Waals surface area contributed by atoms with E-state index in [0.717, 1.165) is 12.1 Å². The van der Waals surface area contributed by atoms with Crippen LogP contribution in [0.15, 0.2) is 24.4 Å². The number of aliphatic hydroxyl groups is 1. The number of hydrogen-bond donors (Lipinski definition) is 1. The van der Waals surface area contributed by atoms with Crippen LogP contribution in [0.3, 0.4) is 0 Å². The molecule has 0 amide bonds. The number of fused-ring (bicyclic) bond motifs is 1. The number of aromatic nitrogens is 1. The van der Waals surface area contributed by atoms with Crippen LogP contribution in [0.2, 0.25) is 0 Å². The molecule has 1 heterocycles. The number of pyridine rings is 1. The Hall–Kier alpha value is -2.15. The molecule has 0 saturated carbocycles. The van der Waals surface area contributed by atoms with Gasteiger partial charge in [-0.3, -0.25) is 9.78 Å². The largest absolute Gasteiger partial charge is 0.465 e. The summed E-state index contributed by atoms with van der Waals surface area (Å²) in [7, 11) is 0. The van der Waals surface area contributed by atoms with Crippen molar-refractivity contribution in [2.24, 2.45) is 0 Å². The van der Waals surface area contributed by atoms with Crippen LogP contribution >= 0.6 is 0 Å². The quantitative estimate of drug-likeness (QED) is 0.882. The van der Waals surface area contributed by atoms with E-state index in [9.17, 15) is 23.1 Å². The molecular formula is C14H12F3NO3. The molecule has 1 aromatic carbocycles. The van der Waals surface area contributed by atoms with Gasteiger partial charge >= 0.3 is 6.18 Å². The van der Waals surface area contributed by atoms with Gasteiger partial charge in [0.05, 0.1) is 11.1 Å². The van der Waals surface area contributed by atoms with Crippen LogP contribution in [-0.2, 0) is 15.7 Å². The first-order valence-electron chi connectivity index (χ1n) is 6.04. The summed E-state index contributed by atoms with van der Waals surface area (Å²) in [5.74, 6) is 0. The Morgan fingerprint density at radius 2 is 2.14 bits per heavy atom. The molecule has 4 nitrogen and oxygen atoms in total. The monoisotopic (exact) mass is 299 g/mol. The number of carbonyl (C=O) groups is 1. The molecule has 112 valence electrons. The Balaban J connectivity index is 2.46. The average Bonchev–Trinajstić information content (AvgIpc) is 2.43. The van der Waals surface area contributed by atoms with Crippen molar-refractivity contribution in [2.75, 3.05) is 6.61 Å². The van der Waals surface area contributed by atoms with Gasteiger partial charge in [-0.05, 0) is 24.6 Å². The second-order valence-corrected chi connectivity index (χ2v) is 4.51. The number of aliphatic hydroxyl groups excluding tert-OH is 1. The molecule has 7 heteroatoms. The van der Waals surface area contributed by atoms with Crippen LogP contribution in [0.1, 0.15) is 22.8 Å². The predicted molar refractivity (Wildman–Crippen MR) is 68.5 cm³/mol. The lowest BCUT2D eigenvalue weighted by molar-refractivity contribution is -0.137. The van der Waals surface area contributed by atoms with Gasteiger partial charge in [-0.25, -0.2) is 0 Å². The Morgan fingerprint density at radius 1 is 1.43 bits per heavy atom. The second kappa shape index (κ2) is 5.69. The zero-order valence-corrected chi connectivity index (χ0v) is 11.0. The molecule has 1 unspecified atom stereocenters. The first-order chi connectivity index (χ1) is 9.84. The third-order valence-electron chi connectivity index (χ3n) is 3.19. The van der Waals surface area contributed by atoms with Gasteiger partial charge in [0.1, 0.15) is 12.7 Å². The molecular weight excluding hydrogens is 287 g/mol. The third-order valence-corrected chi connectivity index (χ3v) is 3.19. The molecule has 0 aliphatic rings. The van der Waals surface area contributed by atoms with E-state index < -0.39 is 17.8 Å². The van der Waals surface area contributed by atoms with Crippen molar-refractivity contribution in [2.45, 2.75) is 19.2 Å². The lowest BCUT2D eigenvalue weighted by atomic mass is 10.00. The minimum absolute atomic E-state index is 0.189. The number of carbonyl (C=O) groups excluding carboxylic acids is 1. The van der Waals surface area contributed by atoms with Crippen molar-refractivity contribution in [3.8, 4) is 0 Å². The number of ether oxygens (including phenoxy) is 1. The van der Waals surface area contributed by atoms with Crippen LogP contribution in [-0.4, -0.2) is 23.2 Å². The minimum atomic E-state index is -4.43. The topological polar surface area (TPSA) is 59.4 Å². The predicted octanol–water partition coefficient (Wildman–Crippen LogP) is 2.77. The minimum Gasteiger partial charge on any atom is -0.465 e. The van der Waals surface area contributed by atoms with Crippen molar-refractivity contribution in [1.29, 1.82) is 0 Å². The summed E-state index contributed by atoms with van der Waals surface area (Å²) >= 11 is 0. The number of alkyl halides is 3. The van der Waals surface area contributed by atoms with Gasteiger partial charge in [-0.2, -0.15) is 13.2 Å². The summed E-state index contributed by atoms with van der Waals surface area (Å²) in [6.45, 7) is 1.64. The van der Waals surface area contributed by atoms with Crippen molar-refractivity contribution < 1.29 is 27.8 Å². The fourth-order valence-electron chi connectivity index (χ4n) is 2.08. The lowest BCUT2D eigenvalue weighted by Gasteiger charge is -2.15. The Bertz CT molecular complexity index is 670. The molecule has 2 rings (SSSR count). The van der Waals surface area contributed by atoms with E-state index in [1.165, 1.54) is 12.3 Å². The van der Waals surface area contributed by atoms with E-state index in [1.807, 2.05) is 0 Å². The molecule has 1 N–H and O–H groups in total. The van der Waals surface area contributed by atoms with E-state index in [2.05, 4.69) is 9.72 Å².